The number of aromatic nitrogens is 2. The molecular weight excluding hydrogens is 328 g/mol. The third kappa shape index (κ3) is 3.36. The largest absolute Gasteiger partial charge is 0.273 e. The Balaban J connectivity index is 2.23. The maximum absolute atomic E-state index is 6.23. The third-order valence-corrected chi connectivity index (χ3v) is 3.98. The average Bonchev–Trinajstić information content (AvgIpc) is 2.68. The maximum Gasteiger partial charge on any atom is 0.0813 e. The number of benzene rings is 1. The molecule has 19 heavy (non-hydrogen) atoms. The Bertz CT molecular complexity index is 563. The number of nitrogens with one attached hydrogen (secondary N) is 1. The number of halogens is 2. The summed E-state index contributed by atoms with van der Waals surface area (Å²) < 4.78 is 2.80. The number of aryl methyl sites for hydroxylation is 2. The molecular formula is C13H16BrClN4. The van der Waals surface area contributed by atoms with E-state index in [1.807, 2.05) is 42.9 Å². The summed E-state index contributed by atoms with van der Waals surface area (Å²) in [4.78, 5) is 0. The Labute approximate surface area is 126 Å². The first kappa shape index (κ1) is 14.5. The summed E-state index contributed by atoms with van der Waals surface area (Å²) in [7, 11) is 1.92. The highest BCUT2D eigenvalue weighted by atomic mass is 79.9. The van der Waals surface area contributed by atoms with Crippen LogP contribution in [0.5, 0.6) is 0 Å². The minimum absolute atomic E-state index is 0.0569. The minimum atomic E-state index is -0.0569. The van der Waals surface area contributed by atoms with Gasteiger partial charge in [-0.3, -0.25) is 16.0 Å². The average molecular weight is 344 g/mol. The molecule has 0 aliphatic heterocycles. The molecule has 0 bridgehead atoms. The molecule has 0 aliphatic carbocycles. The molecule has 2 rings (SSSR count). The molecule has 6 heteroatoms. The van der Waals surface area contributed by atoms with Crippen LogP contribution in [0.3, 0.4) is 0 Å². The van der Waals surface area contributed by atoms with Crippen LogP contribution in [0.4, 0.5) is 0 Å². The SMILES string of the molecule is Cc1cc(C(Cc2ccc(Br)cc2Cl)NN)nn1C. The minimum Gasteiger partial charge on any atom is -0.273 e. The van der Waals surface area contributed by atoms with Gasteiger partial charge in [-0.1, -0.05) is 33.6 Å². The van der Waals surface area contributed by atoms with Gasteiger partial charge in [0.2, 0.25) is 0 Å². The Morgan fingerprint density at radius 2 is 2.21 bits per heavy atom. The lowest BCUT2D eigenvalue weighted by Crippen LogP contribution is -2.30. The summed E-state index contributed by atoms with van der Waals surface area (Å²) in [5.74, 6) is 5.64. The predicted molar refractivity (Wildman–Crippen MR) is 80.9 cm³/mol. The van der Waals surface area contributed by atoms with Gasteiger partial charge in [-0.05, 0) is 37.1 Å². The van der Waals surface area contributed by atoms with E-state index in [2.05, 4.69) is 26.5 Å². The monoisotopic (exact) mass is 342 g/mol. The van der Waals surface area contributed by atoms with Gasteiger partial charge in [0.15, 0.2) is 0 Å². The van der Waals surface area contributed by atoms with Crippen molar-refractivity contribution in [2.75, 3.05) is 0 Å². The molecule has 0 saturated heterocycles. The van der Waals surface area contributed by atoms with E-state index in [1.54, 1.807) is 0 Å². The number of hydrazine groups is 1. The second-order valence-corrected chi connectivity index (χ2v) is 5.82. The second-order valence-electron chi connectivity index (χ2n) is 4.49. The quantitative estimate of drug-likeness (QED) is 0.663. The normalized spacial score (nSPS) is 12.7. The summed E-state index contributed by atoms with van der Waals surface area (Å²) >= 11 is 9.63. The fourth-order valence-corrected chi connectivity index (χ4v) is 2.67. The van der Waals surface area contributed by atoms with Crippen LogP contribution in [0.15, 0.2) is 28.7 Å². The molecule has 0 saturated carbocycles. The number of hydrogen-bond donors (Lipinski definition) is 2. The van der Waals surface area contributed by atoms with Crippen molar-refractivity contribution >= 4 is 27.5 Å². The van der Waals surface area contributed by atoms with Gasteiger partial charge in [-0.2, -0.15) is 5.10 Å². The van der Waals surface area contributed by atoms with E-state index in [1.165, 1.54) is 0 Å². The zero-order valence-electron chi connectivity index (χ0n) is 10.8. The molecule has 1 unspecified atom stereocenters. The molecule has 1 heterocycles. The Kier molecular flexibility index (Phi) is 4.62. The fourth-order valence-electron chi connectivity index (χ4n) is 1.91. The zero-order valence-corrected chi connectivity index (χ0v) is 13.2. The lowest BCUT2D eigenvalue weighted by Gasteiger charge is -2.14. The third-order valence-electron chi connectivity index (χ3n) is 3.13. The van der Waals surface area contributed by atoms with Crippen molar-refractivity contribution in [3.8, 4) is 0 Å². The highest BCUT2D eigenvalue weighted by Crippen LogP contribution is 2.25. The van der Waals surface area contributed by atoms with E-state index in [0.717, 1.165) is 26.4 Å². The molecule has 0 aliphatic rings. The first-order valence-electron chi connectivity index (χ1n) is 5.92. The first-order chi connectivity index (χ1) is 9.01. The van der Waals surface area contributed by atoms with Crippen molar-refractivity contribution < 1.29 is 0 Å². The van der Waals surface area contributed by atoms with E-state index >= 15 is 0 Å². The number of nitrogens with zero attached hydrogens (tertiary/aromatic N) is 2. The van der Waals surface area contributed by atoms with E-state index in [0.29, 0.717) is 6.42 Å². The van der Waals surface area contributed by atoms with Gasteiger partial charge in [-0.25, -0.2) is 0 Å². The molecule has 4 nitrogen and oxygen atoms in total. The van der Waals surface area contributed by atoms with Gasteiger partial charge in [0, 0.05) is 22.2 Å². The van der Waals surface area contributed by atoms with Crippen LogP contribution >= 0.6 is 27.5 Å². The standard InChI is InChI=1S/C13H16BrClN4/c1-8-5-13(18-19(8)2)12(17-16)6-9-3-4-10(14)7-11(9)15/h3-5,7,12,17H,6,16H2,1-2H3. The summed E-state index contributed by atoms with van der Waals surface area (Å²) in [6.45, 7) is 2.01. The molecule has 0 radical (unpaired) electrons. The van der Waals surface area contributed by atoms with Gasteiger partial charge in [0.25, 0.3) is 0 Å². The number of nitrogens with two attached hydrogens (primary N) is 1. The van der Waals surface area contributed by atoms with Crippen LogP contribution in [0, 0.1) is 6.92 Å². The van der Waals surface area contributed by atoms with Crippen LogP contribution in [0.2, 0.25) is 5.02 Å². The van der Waals surface area contributed by atoms with Crippen molar-refractivity contribution in [2.24, 2.45) is 12.9 Å². The van der Waals surface area contributed by atoms with E-state index in [-0.39, 0.29) is 6.04 Å². The topological polar surface area (TPSA) is 55.9 Å². The molecule has 3 N–H and O–H groups in total. The summed E-state index contributed by atoms with van der Waals surface area (Å²) in [6, 6.07) is 7.81. The Morgan fingerprint density at radius 3 is 2.74 bits per heavy atom. The highest BCUT2D eigenvalue weighted by molar-refractivity contribution is 9.10. The van der Waals surface area contributed by atoms with Gasteiger partial charge < -0.3 is 0 Å². The lowest BCUT2D eigenvalue weighted by molar-refractivity contribution is 0.529. The van der Waals surface area contributed by atoms with Crippen LogP contribution in [0.25, 0.3) is 0 Å². The van der Waals surface area contributed by atoms with Crippen molar-refractivity contribution in [2.45, 2.75) is 19.4 Å². The van der Waals surface area contributed by atoms with Crippen molar-refractivity contribution in [3.05, 3.63) is 50.7 Å². The van der Waals surface area contributed by atoms with Gasteiger partial charge in [-0.15, -0.1) is 0 Å². The summed E-state index contributed by atoms with van der Waals surface area (Å²) in [6.07, 6.45) is 0.694. The van der Waals surface area contributed by atoms with Gasteiger partial charge in [0.05, 0.1) is 11.7 Å². The van der Waals surface area contributed by atoms with Gasteiger partial charge in [0.1, 0.15) is 0 Å². The van der Waals surface area contributed by atoms with Crippen LogP contribution in [-0.2, 0) is 13.5 Å². The molecule has 1 aromatic heterocycles. The number of hydrogen-bond acceptors (Lipinski definition) is 3. The molecule has 0 amide bonds. The van der Waals surface area contributed by atoms with Crippen LogP contribution in [-0.4, -0.2) is 9.78 Å². The van der Waals surface area contributed by atoms with Crippen molar-refractivity contribution in [3.63, 3.8) is 0 Å². The van der Waals surface area contributed by atoms with Crippen LogP contribution in [0.1, 0.15) is 23.0 Å². The van der Waals surface area contributed by atoms with Crippen LogP contribution < -0.4 is 11.3 Å². The van der Waals surface area contributed by atoms with E-state index < -0.39 is 0 Å². The summed E-state index contributed by atoms with van der Waals surface area (Å²) in [5, 5.41) is 5.17. The molecule has 102 valence electrons. The highest BCUT2D eigenvalue weighted by Gasteiger charge is 2.16. The first-order valence-corrected chi connectivity index (χ1v) is 7.09. The zero-order chi connectivity index (χ0) is 14.0. The lowest BCUT2D eigenvalue weighted by atomic mass is 10.0. The molecule has 0 fully saturated rings. The van der Waals surface area contributed by atoms with Crippen molar-refractivity contribution in [1.29, 1.82) is 0 Å². The van der Waals surface area contributed by atoms with Crippen molar-refractivity contribution in [1.82, 2.24) is 15.2 Å². The summed E-state index contributed by atoms with van der Waals surface area (Å²) in [5.41, 5.74) is 5.85. The predicted octanol–water partition coefficient (Wildman–Crippen LogP) is 2.89. The Morgan fingerprint density at radius 1 is 1.47 bits per heavy atom. The number of rotatable bonds is 4. The fraction of sp³-hybridized carbons (Fsp3) is 0.308. The van der Waals surface area contributed by atoms with Gasteiger partial charge >= 0.3 is 0 Å². The molecule has 1 aromatic carbocycles. The van der Waals surface area contributed by atoms with E-state index in [9.17, 15) is 0 Å². The molecule has 2 aromatic rings. The van der Waals surface area contributed by atoms with E-state index in [4.69, 9.17) is 17.4 Å². The second kappa shape index (κ2) is 6.05. The smallest absolute Gasteiger partial charge is 0.0813 e. The maximum atomic E-state index is 6.23. The Hall–Kier alpha value is -0.880. The molecule has 1 atom stereocenters. The molecule has 0 spiro atoms.